The van der Waals surface area contributed by atoms with Gasteiger partial charge in [0.15, 0.2) is 0 Å². The molecule has 0 aromatic heterocycles. The summed E-state index contributed by atoms with van der Waals surface area (Å²) in [5.74, 6) is 0.883. The summed E-state index contributed by atoms with van der Waals surface area (Å²) in [6.45, 7) is 12.1. The molecule has 1 heterocycles. The van der Waals surface area contributed by atoms with Crippen LogP contribution in [0.2, 0.25) is 0 Å². The van der Waals surface area contributed by atoms with Crippen LogP contribution in [-0.2, 0) is 14.3 Å². The summed E-state index contributed by atoms with van der Waals surface area (Å²) in [5, 5.41) is 2.83. The highest BCUT2D eigenvalue weighted by molar-refractivity contribution is 5.96. The summed E-state index contributed by atoms with van der Waals surface area (Å²) in [5.41, 5.74) is 0. The molecule has 1 N–H and O–H groups in total. The van der Waals surface area contributed by atoms with Crippen molar-refractivity contribution in [1.82, 2.24) is 10.2 Å². The van der Waals surface area contributed by atoms with Crippen molar-refractivity contribution in [2.75, 3.05) is 19.8 Å². The van der Waals surface area contributed by atoms with Gasteiger partial charge < -0.3 is 15.0 Å². The minimum Gasteiger partial charge on any atom is -0.381 e. The van der Waals surface area contributed by atoms with Crippen LogP contribution < -0.4 is 5.32 Å². The third-order valence-corrected chi connectivity index (χ3v) is 3.59. The number of carbonyl (C=O) groups is 2. The SMILES string of the molecule is CC(C)COCCCN1C(=O)C(CC(C)C)NC(=O)C1C. The Kier molecular flexibility index (Phi) is 7.15. The molecule has 5 nitrogen and oxygen atoms in total. The average molecular weight is 298 g/mol. The summed E-state index contributed by atoms with van der Waals surface area (Å²) in [6.07, 6.45) is 1.46. The molecular weight excluding hydrogens is 268 g/mol. The van der Waals surface area contributed by atoms with Crippen molar-refractivity contribution in [1.29, 1.82) is 0 Å². The smallest absolute Gasteiger partial charge is 0.245 e. The van der Waals surface area contributed by atoms with Crippen molar-refractivity contribution in [2.45, 2.75) is 59.5 Å². The molecule has 1 aliphatic rings. The van der Waals surface area contributed by atoms with Crippen LogP contribution in [0.4, 0.5) is 0 Å². The minimum absolute atomic E-state index is 0.0414. The van der Waals surface area contributed by atoms with E-state index in [1.54, 1.807) is 11.8 Å². The van der Waals surface area contributed by atoms with Crippen molar-refractivity contribution in [3.8, 4) is 0 Å². The molecule has 0 aromatic rings. The lowest BCUT2D eigenvalue weighted by Gasteiger charge is -2.38. The van der Waals surface area contributed by atoms with Gasteiger partial charge in [-0.15, -0.1) is 0 Å². The van der Waals surface area contributed by atoms with Crippen LogP contribution in [-0.4, -0.2) is 48.6 Å². The predicted molar refractivity (Wildman–Crippen MR) is 82.8 cm³/mol. The summed E-state index contributed by atoms with van der Waals surface area (Å²) >= 11 is 0. The number of amides is 2. The Labute approximate surface area is 128 Å². The zero-order valence-electron chi connectivity index (χ0n) is 14.0. The third kappa shape index (κ3) is 5.65. The molecule has 0 saturated carbocycles. The van der Waals surface area contributed by atoms with Gasteiger partial charge in [-0.3, -0.25) is 9.59 Å². The Bertz CT molecular complexity index is 355. The Morgan fingerprint density at radius 2 is 1.86 bits per heavy atom. The highest BCUT2D eigenvalue weighted by Gasteiger charge is 2.37. The van der Waals surface area contributed by atoms with Gasteiger partial charge in [0.05, 0.1) is 0 Å². The van der Waals surface area contributed by atoms with E-state index in [1.165, 1.54) is 0 Å². The zero-order valence-corrected chi connectivity index (χ0v) is 14.0. The van der Waals surface area contributed by atoms with Crippen molar-refractivity contribution >= 4 is 11.8 Å². The predicted octanol–water partition coefficient (Wildman–Crippen LogP) is 1.81. The molecule has 2 amide bonds. The Hall–Kier alpha value is -1.10. The second-order valence-electron chi connectivity index (χ2n) is 6.72. The largest absolute Gasteiger partial charge is 0.381 e. The number of hydrogen-bond acceptors (Lipinski definition) is 3. The van der Waals surface area contributed by atoms with Crippen molar-refractivity contribution in [3.05, 3.63) is 0 Å². The Morgan fingerprint density at radius 3 is 2.43 bits per heavy atom. The number of piperazine rings is 1. The van der Waals surface area contributed by atoms with Gasteiger partial charge in [-0.2, -0.15) is 0 Å². The van der Waals surface area contributed by atoms with Gasteiger partial charge in [0.1, 0.15) is 12.1 Å². The van der Waals surface area contributed by atoms with E-state index in [1.807, 2.05) is 0 Å². The molecule has 2 unspecified atom stereocenters. The highest BCUT2D eigenvalue weighted by Crippen LogP contribution is 2.16. The molecule has 5 heteroatoms. The van der Waals surface area contributed by atoms with E-state index in [2.05, 4.69) is 33.0 Å². The fourth-order valence-electron chi connectivity index (χ4n) is 2.48. The lowest BCUT2D eigenvalue weighted by molar-refractivity contribution is -0.149. The van der Waals surface area contributed by atoms with E-state index in [4.69, 9.17) is 4.74 Å². The van der Waals surface area contributed by atoms with E-state index in [0.717, 1.165) is 13.0 Å². The first-order valence-electron chi connectivity index (χ1n) is 8.01. The van der Waals surface area contributed by atoms with E-state index in [0.29, 0.717) is 31.4 Å². The van der Waals surface area contributed by atoms with Crippen LogP contribution in [0.5, 0.6) is 0 Å². The number of hydrogen-bond donors (Lipinski definition) is 1. The zero-order chi connectivity index (χ0) is 16.0. The quantitative estimate of drug-likeness (QED) is 0.695. The fraction of sp³-hybridized carbons (Fsp3) is 0.875. The van der Waals surface area contributed by atoms with Gasteiger partial charge in [0.2, 0.25) is 11.8 Å². The molecule has 1 fully saturated rings. The molecule has 0 spiro atoms. The summed E-state index contributed by atoms with van der Waals surface area (Å²) < 4.78 is 5.54. The lowest BCUT2D eigenvalue weighted by Crippen LogP contribution is -2.62. The molecule has 1 aliphatic heterocycles. The number of ether oxygens (including phenoxy) is 1. The minimum atomic E-state index is -0.383. The van der Waals surface area contributed by atoms with Gasteiger partial charge in [0, 0.05) is 19.8 Å². The Balaban J connectivity index is 2.48. The first-order valence-corrected chi connectivity index (χ1v) is 8.01. The average Bonchev–Trinajstić information content (AvgIpc) is 2.38. The molecule has 0 aromatic carbocycles. The summed E-state index contributed by atoms with van der Waals surface area (Å²) in [6, 6.07) is -0.753. The molecule has 2 atom stereocenters. The van der Waals surface area contributed by atoms with E-state index < -0.39 is 0 Å². The molecular formula is C16H30N2O3. The summed E-state index contributed by atoms with van der Waals surface area (Å²) in [7, 11) is 0. The standard InChI is InChI=1S/C16H30N2O3/c1-11(2)9-14-16(20)18(13(5)15(19)17-14)7-6-8-21-10-12(3)4/h11-14H,6-10H2,1-5H3,(H,17,19). The highest BCUT2D eigenvalue weighted by atomic mass is 16.5. The fourth-order valence-corrected chi connectivity index (χ4v) is 2.48. The molecule has 1 rings (SSSR count). The summed E-state index contributed by atoms with van der Waals surface area (Å²) in [4.78, 5) is 26.1. The third-order valence-electron chi connectivity index (χ3n) is 3.59. The van der Waals surface area contributed by atoms with Gasteiger partial charge in [-0.05, 0) is 31.6 Å². The molecule has 21 heavy (non-hydrogen) atoms. The number of rotatable bonds is 8. The number of nitrogens with one attached hydrogen (secondary N) is 1. The van der Waals surface area contributed by atoms with Crippen molar-refractivity contribution in [2.24, 2.45) is 11.8 Å². The molecule has 0 aliphatic carbocycles. The van der Waals surface area contributed by atoms with Crippen LogP contribution in [0, 0.1) is 11.8 Å². The van der Waals surface area contributed by atoms with E-state index in [-0.39, 0.29) is 23.9 Å². The second kappa shape index (κ2) is 8.37. The molecule has 1 saturated heterocycles. The van der Waals surface area contributed by atoms with Crippen LogP contribution in [0.15, 0.2) is 0 Å². The van der Waals surface area contributed by atoms with Gasteiger partial charge in [-0.25, -0.2) is 0 Å². The van der Waals surface area contributed by atoms with E-state index >= 15 is 0 Å². The van der Waals surface area contributed by atoms with Gasteiger partial charge >= 0.3 is 0 Å². The number of carbonyl (C=O) groups excluding carboxylic acids is 2. The van der Waals surface area contributed by atoms with Gasteiger partial charge in [-0.1, -0.05) is 27.7 Å². The van der Waals surface area contributed by atoms with Gasteiger partial charge in [0.25, 0.3) is 0 Å². The first-order chi connectivity index (χ1) is 9.82. The monoisotopic (exact) mass is 298 g/mol. The van der Waals surface area contributed by atoms with Crippen molar-refractivity contribution in [3.63, 3.8) is 0 Å². The lowest BCUT2D eigenvalue weighted by atomic mass is 9.99. The number of nitrogens with zero attached hydrogens (tertiary/aromatic N) is 1. The van der Waals surface area contributed by atoms with Crippen LogP contribution in [0.1, 0.15) is 47.5 Å². The van der Waals surface area contributed by atoms with Crippen LogP contribution in [0.3, 0.4) is 0 Å². The maximum atomic E-state index is 12.5. The maximum absolute atomic E-state index is 12.5. The second-order valence-corrected chi connectivity index (χ2v) is 6.72. The van der Waals surface area contributed by atoms with Crippen molar-refractivity contribution < 1.29 is 14.3 Å². The molecule has 0 radical (unpaired) electrons. The van der Waals surface area contributed by atoms with E-state index in [9.17, 15) is 9.59 Å². The Morgan fingerprint density at radius 1 is 1.19 bits per heavy atom. The normalized spacial score (nSPS) is 23.1. The maximum Gasteiger partial charge on any atom is 0.245 e. The van der Waals surface area contributed by atoms with Crippen LogP contribution >= 0.6 is 0 Å². The molecule has 0 bridgehead atoms. The van der Waals surface area contributed by atoms with Crippen LogP contribution in [0.25, 0.3) is 0 Å². The molecule has 122 valence electrons. The first kappa shape index (κ1) is 18.0. The topological polar surface area (TPSA) is 58.6 Å².